The second-order valence-corrected chi connectivity index (χ2v) is 3.99. The van der Waals surface area contributed by atoms with Crippen LogP contribution in [0.1, 0.15) is 10.4 Å². The Morgan fingerprint density at radius 2 is 2.29 bits per heavy atom. The van der Waals surface area contributed by atoms with E-state index in [-0.39, 0.29) is 6.61 Å². The number of nitrogens with zero attached hydrogens (tertiary/aromatic N) is 1. The van der Waals surface area contributed by atoms with Gasteiger partial charge in [0.15, 0.2) is 0 Å². The lowest BCUT2D eigenvalue weighted by Gasteiger charge is -1.95. The first kappa shape index (κ1) is 9.00. The average Bonchev–Trinajstić information content (AvgIpc) is 2.54. The van der Waals surface area contributed by atoms with E-state index in [0.717, 1.165) is 10.1 Å². The zero-order chi connectivity index (χ0) is 10.1. The highest BCUT2D eigenvalue weighted by molar-refractivity contribution is 7.19. The van der Waals surface area contributed by atoms with Crippen LogP contribution in [0.4, 0.5) is 5.69 Å². The molecule has 0 atom stereocenters. The number of nitriles is 1. The van der Waals surface area contributed by atoms with Crippen molar-refractivity contribution in [3.63, 3.8) is 0 Å². The van der Waals surface area contributed by atoms with Crippen LogP contribution in [0.2, 0.25) is 0 Å². The van der Waals surface area contributed by atoms with Crippen LogP contribution in [0.3, 0.4) is 0 Å². The third kappa shape index (κ3) is 1.23. The molecule has 0 unspecified atom stereocenters. The van der Waals surface area contributed by atoms with Gasteiger partial charge in [-0.3, -0.25) is 0 Å². The summed E-state index contributed by atoms with van der Waals surface area (Å²) in [7, 11) is 0. The Morgan fingerprint density at radius 3 is 2.93 bits per heavy atom. The molecule has 0 aliphatic heterocycles. The van der Waals surface area contributed by atoms with E-state index in [2.05, 4.69) is 6.07 Å². The molecule has 1 heterocycles. The van der Waals surface area contributed by atoms with Crippen molar-refractivity contribution in [1.29, 1.82) is 5.26 Å². The normalized spacial score (nSPS) is 10.3. The van der Waals surface area contributed by atoms with Gasteiger partial charge in [-0.05, 0) is 18.2 Å². The summed E-state index contributed by atoms with van der Waals surface area (Å²) in [5, 5.41) is 18.9. The van der Waals surface area contributed by atoms with Crippen molar-refractivity contribution in [3.05, 3.63) is 28.6 Å². The Labute approximate surface area is 85.0 Å². The van der Waals surface area contributed by atoms with Crippen LogP contribution in [0.15, 0.2) is 18.2 Å². The van der Waals surface area contributed by atoms with Crippen LogP contribution in [0.5, 0.6) is 0 Å². The van der Waals surface area contributed by atoms with Gasteiger partial charge in [-0.25, -0.2) is 0 Å². The summed E-state index contributed by atoms with van der Waals surface area (Å²) in [4.78, 5) is 0.563. The fourth-order valence-corrected chi connectivity index (χ4v) is 2.41. The molecule has 70 valence electrons. The molecule has 0 saturated carbocycles. The lowest BCUT2D eigenvalue weighted by atomic mass is 10.1. The number of benzene rings is 1. The first-order valence-corrected chi connectivity index (χ1v) is 4.89. The molecule has 2 rings (SSSR count). The fraction of sp³-hybridized carbons (Fsp3) is 0.100. The van der Waals surface area contributed by atoms with E-state index in [1.807, 2.05) is 6.07 Å². The molecule has 0 spiro atoms. The van der Waals surface area contributed by atoms with E-state index in [1.54, 1.807) is 12.1 Å². The van der Waals surface area contributed by atoms with Gasteiger partial charge in [-0.2, -0.15) is 5.26 Å². The van der Waals surface area contributed by atoms with Crippen molar-refractivity contribution >= 4 is 27.1 Å². The molecular formula is C10H8N2OS. The first-order valence-electron chi connectivity index (χ1n) is 4.08. The number of aliphatic hydroxyl groups excluding tert-OH is 1. The molecule has 0 fully saturated rings. The molecule has 1 aromatic heterocycles. The van der Waals surface area contributed by atoms with Crippen LogP contribution in [-0.4, -0.2) is 5.11 Å². The van der Waals surface area contributed by atoms with E-state index >= 15 is 0 Å². The number of hydrogen-bond acceptors (Lipinski definition) is 4. The molecule has 4 heteroatoms. The van der Waals surface area contributed by atoms with Crippen LogP contribution in [0.25, 0.3) is 10.1 Å². The monoisotopic (exact) mass is 204 g/mol. The minimum absolute atomic E-state index is 0.119. The third-order valence-corrected chi connectivity index (χ3v) is 3.19. The Balaban J connectivity index is 2.83. The zero-order valence-corrected chi connectivity index (χ0v) is 8.14. The SMILES string of the molecule is N#Cc1sc2ccc(N)cc2c1CO. The summed E-state index contributed by atoms with van der Waals surface area (Å²) in [5.74, 6) is 0. The number of hydrogen-bond donors (Lipinski definition) is 2. The smallest absolute Gasteiger partial charge is 0.111 e. The highest BCUT2D eigenvalue weighted by Crippen LogP contribution is 2.32. The predicted molar refractivity (Wildman–Crippen MR) is 56.9 cm³/mol. The maximum Gasteiger partial charge on any atom is 0.111 e. The molecule has 2 aromatic rings. The van der Waals surface area contributed by atoms with Crippen molar-refractivity contribution in [3.8, 4) is 6.07 Å². The summed E-state index contributed by atoms with van der Waals surface area (Å²) in [5.41, 5.74) is 6.97. The van der Waals surface area contributed by atoms with Crippen molar-refractivity contribution < 1.29 is 5.11 Å². The minimum atomic E-state index is -0.119. The zero-order valence-electron chi connectivity index (χ0n) is 7.32. The topological polar surface area (TPSA) is 70.0 Å². The van der Waals surface area contributed by atoms with Gasteiger partial charge in [0, 0.05) is 21.3 Å². The third-order valence-electron chi connectivity index (χ3n) is 2.07. The molecule has 0 aliphatic rings. The molecule has 0 amide bonds. The molecule has 0 aliphatic carbocycles. The number of thiophene rings is 1. The van der Waals surface area contributed by atoms with Gasteiger partial charge >= 0.3 is 0 Å². The van der Waals surface area contributed by atoms with Gasteiger partial charge in [0.2, 0.25) is 0 Å². The van der Waals surface area contributed by atoms with Crippen molar-refractivity contribution in [1.82, 2.24) is 0 Å². The Hall–Kier alpha value is -1.57. The second-order valence-electron chi connectivity index (χ2n) is 2.94. The van der Waals surface area contributed by atoms with Gasteiger partial charge in [-0.15, -0.1) is 11.3 Å². The number of fused-ring (bicyclic) bond motifs is 1. The summed E-state index contributed by atoms with van der Waals surface area (Å²) < 4.78 is 0.986. The molecule has 0 saturated heterocycles. The number of anilines is 1. The van der Waals surface area contributed by atoms with Gasteiger partial charge in [0.1, 0.15) is 10.9 Å². The van der Waals surface area contributed by atoms with Crippen molar-refractivity contribution in [2.75, 3.05) is 5.73 Å². The first-order chi connectivity index (χ1) is 6.76. The Morgan fingerprint density at radius 1 is 1.50 bits per heavy atom. The lowest BCUT2D eigenvalue weighted by molar-refractivity contribution is 0.283. The van der Waals surface area contributed by atoms with E-state index in [1.165, 1.54) is 11.3 Å². The number of aliphatic hydroxyl groups is 1. The lowest BCUT2D eigenvalue weighted by Crippen LogP contribution is -1.86. The molecule has 1 aromatic carbocycles. The maximum absolute atomic E-state index is 9.14. The van der Waals surface area contributed by atoms with Crippen LogP contribution in [-0.2, 0) is 6.61 Å². The van der Waals surface area contributed by atoms with E-state index in [0.29, 0.717) is 16.1 Å². The minimum Gasteiger partial charge on any atom is -0.399 e. The second kappa shape index (κ2) is 3.29. The molecule has 0 bridgehead atoms. The quantitative estimate of drug-likeness (QED) is 0.696. The average molecular weight is 204 g/mol. The molecule has 3 N–H and O–H groups in total. The Kier molecular flexibility index (Phi) is 2.12. The summed E-state index contributed by atoms with van der Waals surface area (Å²) in [6.07, 6.45) is 0. The van der Waals surface area contributed by atoms with Crippen LogP contribution >= 0.6 is 11.3 Å². The summed E-state index contributed by atoms with van der Waals surface area (Å²) in [6, 6.07) is 7.53. The van der Waals surface area contributed by atoms with E-state index in [4.69, 9.17) is 16.1 Å². The van der Waals surface area contributed by atoms with Crippen LogP contribution < -0.4 is 5.73 Å². The Bertz CT molecular complexity index is 525. The molecular weight excluding hydrogens is 196 g/mol. The standard InChI is InChI=1S/C10H8N2OS/c11-4-10-8(5-13)7-3-6(12)1-2-9(7)14-10/h1-3,13H,5,12H2. The number of nitrogens with two attached hydrogens (primary N) is 1. The maximum atomic E-state index is 9.14. The number of rotatable bonds is 1. The van der Waals surface area contributed by atoms with Gasteiger partial charge in [0.25, 0.3) is 0 Å². The molecule has 3 nitrogen and oxygen atoms in total. The van der Waals surface area contributed by atoms with E-state index in [9.17, 15) is 0 Å². The van der Waals surface area contributed by atoms with Crippen molar-refractivity contribution in [2.24, 2.45) is 0 Å². The van der Waals surface area contributed by atoms with Gasteiger partial charge in [-0.1, -0.05) is 0 Å². The highest BCUT2D eigenvalue weighted by Gasteiger charge is 2.10. The number of nitrogen functional groups attached to an aromatic ring is 1. The highest BCUT2D eigenvalue weighted by atomic mass is 32.1. The predicted octanol–water partition coefficient (Wildman–Crippen LogP) is 1.85. The summed E-state index contributed by atoms with van der Waals surface area (Å²) in [6.45, 7) is -0.119. The van der Waals surface area contributed by atoms with Crippen LogP contribution in [0, 0.1) is 11.3 Å². The fourth-order valence-electron chi connectivity index (χ4n) is 1.41. The van der Waals surface area contributed by atoms with Gasteiger partial charge in [0.05, 0.1) is 6.61 Å². The molecule has 14 heavy (non-hydrogen) atoms. The molecule has 0 radical (unpaired) electrons. The summed E-state index contributed by atoms with van der Waals surface area (Å²) >= 11 is 1.38. The van der Waals surface area contributed by atoms with Crippen molar-refractivity contribution in [2.45, 2.75) is 6.61 Å². The van der Waals surface area contributed by atoms with Gasteiger partial charge < -0.3 is 10.8 Å². The van der Waals surface area contributed by atoms with E-state index < -0.39 is 0 Å². The largest absolute Gasteiger partial charge is 0.399 e.